The first kappa shape index (κ1) is 18.3. The summed E-state index contributed by atoms with van der Waals surface area (Å²) in [4.78, 5) is -0.742. The van der Waals surface area contributed by atoms with Gasteiger partial charge in [0.2, 0.25) is 20.0 Å². The third-order valence-electron chi connectivity index (χ3n) is 3.77. The second-order valence-corrected chi connectivity index (χ2v) is 8.67. The predicted octanol–water partition coefficient (Wildman–Crippen LogP) is 1.61. The molecule has 136 valence electrons. The molecular formula is C16H15N3O5S2. The van der Waals surface area contributed by atoms with Crippen LogP contribution in [0.5, 0.6) is 0 Å². The number of nitrogens with zero attached hydrogens (tertiary/aromatic N) is 1. The third-order valence-corrected chi connectivity index (χ3v) is 5.63. The van der Waals surface area contributed by atoms with Gasteiger partial charge in [0.25, 0.3) is 0 Å². The molecule has 10 heteroatoms. The number of sulfonamides is 2. The molecule has 0 aliphatic heterocycles. The standard InChI is InChI=1S/C16H15N3O5S2/c1-10-15(16(19-24-10)11-5-3-2-4-6-11)13-8-7-12(25(17,20)21)9-14(13)26(18,22)23/h2-9H,1H3,(H2,17,20,21)(H2,18,22,23). The first-order valence-corrected chi connectivity index (χ1v) is 10.4. The molecule has 4 N–H and O–H groups in total. The maximum Gasteiger partial charge on any atom is 0.238 e. The van der Waals surface area contributed by atoms with Gasteiger partial charge in [-0.25, -0.2) is 27.1 Å². The number of rotatable bonds is 4. The molecule has 0 atom stereocenters. The van der Waals surface area contributed by atoms with Crippen molar-refractivity contribution in [3.8, 4) is 22.4 Å². The molecule has 0 bridgehead atoms. The predicted molar refractivity (Wildman–Crippen MR) is 94.9 cm³/mol. The Morgan fingerprint density at radius 1 is 0.923 bits per heavy atom. The van der Waals surface area contributed by atoms with Gasteiger partial charge in [0.1, 0.15) is 11.5 Å². The van der Waals surface area contributed by atoms with Gasteiger partial charge < -0.3 is 4.52 Å². The SMILES string of the molecule is Cc1onc(-c2ccccc2)c1-c1ccc(S(N)(=O)=O)cc1S(N)(=O)=O. The number of benzene rings is 2. The van der Waals surface area contributed by atoms with Crippen LogP contribution >= 0.6 is 0 Å². The van der Waals surface area contributed by atoms with E-state index < -0.39 is 20.0 Å². The number of nitrogens with two attached hydrogens (primary N) is 2. The molecule has 3 aromatic rings. The van der Waals surface area contributed by atoms with E-state index in [-0.39, 0.29) is 15.4 Å². The molecule has 2 aromatic carbocycles. The Hall–Kier alpha value is -2.53. The highest BCUT2D eigenvalue weighted by Gasteiger charge is 2.25. The van der Waals surface area contributed by atoms with E-state index >= 15 is 0 Å². The molecule has 1 heterocycles. The van der Waals surface area contributed by atoms with Crippen LogP contribution in [0.25, 0.3) is 22.4 Å². The molecule has 0 saturated heterocycles. The van der Waals surface area contributed by atoms with Crippen LogP contribution in [0.15, 0.2) is 62.8 Å². The van der Waals surface area contributed by atoms with Crippen molar-refractivity contribution in [2.75, 3.05) is 0 Å². The molecule has 26 heavy (non-hydrogen) atoms. The van der Waals surface area contributed by atoms with Crippen LogP contribution in [0.1, 0.15) is 5.76 Å². The summed E-state index contributed by atoms with van der Waals surface area (Å²) in [5.74, 6) is 0.358. The van der Waals surface area contributed by atoms with Crippen molar-refractivity contribution in [3.63, 3.8) is 0 Å². The van der Waals surface area contributed by atoms with E-state index in [1.54, 1.807) is 31.2 Å². The van der Waals surface area contributed by atoms with Gasteiger partial charge in [0, 0.05) is 11.1 Å². The number of primary sulfonamides is 2. The minimum absolute atomic E-state index is 0.178. The summed E-state index contributed by atoms with van der Waals surface area (Å²) < 4.78 is 52.6. The summed E-state index contributed by atoms with van der Waals surface area (Å²) in [6, 6.07) is 12.5. The minimum atomic E-state index is -4.25. The minimum Gasteiger partial charge on any atom is -0.360 e. The molecule has 1 aromatic heterocycles. The van der Waals surface area contributed by atoms with Gasteiger partial charge in [-0.2, -0.15) is 0 Å². The second kappa shape index (κ2) is 6.32. The molecule has 3 rings (SSSR count). The number of aryl methyl sites for hydroxylation is 1. The van der Waals surface area contributed by atoms with Gasteiger partial charge in [-0.3, -0.25) is 0 Å². The number of hydrogen-bond donors (Lipinski definition) is 2. The molecule has 0 amide bonds. The lowest BCUT2D eigenvalue weighted by Crippen LogP contribution is -2.17. The van der Waals surface area contributed by atoms with Gasteiger partial charge in [-0.15, -0.1) is 0 Å². The molecular weight excluding hydrogens is 378 g/mol. The van der Waals surface area contributed by atoms with Gasteiger partial charge in [-0.1, -0.05) is 41.6 Å². The average Bonchev–Trinajstić information content (AvgIpc) is 2.95. The van der Waals surface area contributed by atoms with E-state index in [2.05, 4.69) is 5.16 Å². The second-order valence-electron chi connectivity index (χ2n) is 5.58. The Labute approximate surface area is 150 Å². The fourth-order valence-electron chi connectivity index (χ4n) is 2.60. The van der Waals surface area contributed by atoms with Crippen molar-refractivity contribution in [1.29, 1.82) is 0 Å². The highest BCUT2D eigenvalue weighted by Crippen LogP contribution is 2.38. The zero-order valence-corrected chi connectivity index (χ0v) is 15.2. The summed E-state index contributed by atoms with van der Waals surface area (Å²) in [6.45, 7) is 1.62. The van der Waals surface area contributed by atoms with E-state index in [0.29, 0.717) is 22.6 Å². The van der Waals surface area contributed by atoms with Crippen molar-refractivity contribution in [3.05, 3.63) is 54.3 Å². The third kappa shape index (κ3) is 3.40. The van der Waals surface area contributed by atoms with Crippen LogP contribution in [-0.4, -0.2) is 22.0 Å². The monoisotopic (exact) mass is 393 g/mol. The smallest absolute Gasteiger partial charge is 0.238 e. The lowest BCUT2D eigenvalue weighted by atomic mass is 9.99. The van der Waals surface area contributed by atoms with E-state index in [1.807, 2.05) is 6.07 Å². The quantitative estimate of drug-likeness (QED) is 0.688. The Kier molecular flexibility index (Phi) is 4.44. The van der Waals surface area contributed by atoms with Gasteiger partial charge in [0.15, 0.2) is 0 Å². The van der Waals surface area contributed by atoms with Crippen molar-refractivity contribution in [1.82, 2.24) is 5.16 Å². The topological polar surface area (TPSA) is 146 Å². The van der Waals surface area contributed by atoms with Crippen LogP contribution in [0, 0.1) is 6.92 Å². The molecule has 0 unspecified atom stereocenters. The zero-order chi connectivity index (χ0) is 19.1. The normalized spacial score (nSPS) is 12.3. The van der Waals surface area contributed by atoms with Crippen LogP contribution in [0.3, 0.4) is 0 Å². The van der Waals surface area contributed by atoms with E-state index in [9.17, 15) is 16.8 Å². The molecule has 0 radical (unpaired) electrons. The Bertz CT molecular complexity index is 1180. The highest BCUT2D eigenvalue weighted by atomic mass is 32.2. The maximum absolute atomic E-state index is 12.1. The number of hydrogen-bond acceptors (Lipinski definition) is 6. The molecule has 0 aliphatic carbocycles. The van der Waals surface area contributed by atoms with E-state index in [0.717, 1.165) is 6.07 Å². The van der Waals surface area contributed by atoms with Crippen molar-refractivity contribution >= 4 is 20.0 Å². The van der Waals surface area contributed by atoms with Gasteiger partial charge >= 0.3 is 0 Å². The first-order valence-electron chi connectivity index (χ1n) is 7.31. The Morgan fingerprint density at radius 2 is 1.58 bits per heavy atom. The van der Waals surface area contributed by atoms with Gasteiger partial charge in [-0.05, 0) is 19.1 Å². The summed E-state index contributed by atoms with van der Waals surface area (Å²) in [7, 11) is -8.35. The van der Waals surface area contributed by atoms with Crippen molar-refractivity contribution in [2.45, 2.75) is 16.7 Å². The largest absolute Gasteiger partial charge is 0.360 e. The fourth-order valence-corrected chi connectivity index (χ4v) is 3.99. The van der Waals surface area contributed by atoms with E-state index in [4.69, 9.17) is 14.8 Å². The maximum atomic E-state index is 12.1. The van der Waals surface area contributed by atoms with Crippen LogP contribution in [0.2, 0.25) is 0 Å². The van der Waals surface area contributed by atoms with Gasteiger partial charge in [0.05, 0.1) is 15.4 Å². The molecule has 0 fully saturated rings. The summed E-state index contributed by atoms with van der Waals surface area (Å²) in [5, 5.41) is 14.4. The highest BCUT2D eigenvalue weighted by molar-refractivity contribution is 7.90. The number of aromatic nitrogens is 1. The molecule has 0 spiro atoms. The van der Waals surface area contributed by atoms with Crippen LogP contribution in [0.4, 0.5) is 0 Å². The molecule has 0 saturated carbocycles. The van der Waals surface area contributed by atoms with Crippen LogP contribution in [-0.2, 0) is 20.0 Å². The Morgan fingerprint density at radius 3 is 2.15 bits per heavy atom. The lowest BCUT2D eigenvalue weighted by molar-refractivity contribution is 0.400. The van der Waals surface area contributed by atoms with Crippen molar-refractivity contribution < 1.29 is 21.4 Å². The zero-order valence-electron chi connectivity index (χ0n) is 13.6. The molecule has 0 aliphatic rings. The molecule has 8 nitrogen and oxygen atoms in total. The summed E-state index contributed by atoms with van der Waals surface area (Å²) in [6.07, 6.45) is 0. The first-order chi connectivity index (χ1) is 12.1. The lowest BCUT2D eigenvalue weighted by Gasteiger charge is -2.10. The van der Waals surface area contributed by atoms with Crippen LogP contribution < -0.4 is 10.3 Å². The fraction of sp³-hybridized carbons (Fsp3) is 0.0625. The summed E-state index contributed by atoms with van der Waals surface area (Å²) >= 11 is 0. The van der Waals surface area contributed by atoms with Crippen molar-refractivity contribution in [2.24, 2.45) is 10.3 Å². The van der Waals surface area contributed by atoms with E-state index in [1.165, 1.54) is 12.1 Å². The Balaban J connectivity index is 2.34. The average molecular weight is 393 g/mol. The summed E-state index contributed by atoms with van der Waals surface area (Å²) in [5.41, 5.74) is 1.70.